The Bertz CT molecular complexity index is 1050. The summed E-state index contributed by atoms with van der Waals surface area (Å²) in [6.45, 7) is 5.89. The molecule has 35 heavy (non-hydrogen) atoms. The van der Waals surface area contributed by atoms with Gasteiger partial charge in [0.05, 0.1) is 24.0 Å². The Labute approximate surface area is 213 Å². The standard InChI is InChI=1S/C24H29ClFN5O3S/c1-2-34-23(33)17-7-9-31(10-8-17)22(32)16-35-24-27-20(25)15-21(28-24)30-13-11-29(12-14-30)19-6-4-3-5-18(19)26/h3-6,15,17H,2,7-14,16H2,1H3. The van der Waals surface area contributed by atoms with Gasteiger partial charge in [-0.25, -0.2) is 14.4 Å². The highest BCUT2D eigenvalue weighted by atomic mass is 35.5. The Morgan fingerprint density at radius 1 is 1.09 bits per heavy atom. The molecular weight excluding hydrogens is 493 g/mol. The number of esters is 1. The van der Waals surface area contributed by atoms with Crippen LogP contribution in [0.3, 0.4) is 0 Å². The fourth-order valence-electron chi connectivity index (χ4n) is 4.34. The maximum atomic E-state index is 14.1. The van der Waals surface area contributed by atoms with Crippen molar-refractivity contribution >= 4 is 46.7 Å². The first kappa shape index (κ1) is 25.5. The summed E-state index contributed by atoms with van der Waals surface area (Å²) in [5.41, 5.74) is 0.605. The lowest BCUT2D eigenvalue weighted by Crippen LogP contribution is -2.47. The van der Waals surface area contributed by atoms with Gasteiger partial charge < -0.3 is 19.4 Å². The zero-order valence-corrected chi connectivity index (χ0v) is 21.2. The molecule has 2 saturated heterocycles. The summed E-state index contributed by atoms with van der Waals surface area (Å²) in [6, 6.07) is 8.50. The lowest BCUT2D eigenvalue weighted by Gasteiger charge is -2.36. The highest BCUT2D eigenvalue weighted by molar-refractivity contribution is 7.99. The number of amides is 1. The predicted octanol–water partition coefficient (Wildman–Crippen LogP) is 3.49. The van der Waals surface area contributed by atoms with Crippen molar-refractivity contribution in [2.24, 2.45) is 5.92 Å². The number of piperidine rings is 1. The second kappa shape index (κ2) is 11.9. The van der Waals surface area contributed by atoms with Crippen LogP contribution in [0.25, 0.3) is 0 Å². The fourth-order valence-corrected chi connectivity index (χ4v) is 5.32. The van der Waals surface area contributed by atoms with Gasteiger partial charge in [0.1, 0.15) is 16.8 Å². The molecule has 0 N–H and O–H groups in total. The summed E-state index contributed by atoms with van der Waals surface area (Å²) in [6.07, 6.45) is 1.23. The fraction of sp³-hybridized carbons (Fsp3) is 0.500. The van der Waals surface area contributed by atoms with Crippen LogP contribution in [0.1, 0.15) is 19.8 Å². The minimum absolute atomic E-state index is 0.0130. The molecule has 2 fully saturated rings. The van der Waals surface area contributed by atoms with E-state index in [1.165, 1.54) is 17.8 Å². The van der Waals surface area contributed by atoms with E-state index in [2.05, 4.69) is 14.9 Å². The van der Waals surface area contributed by atoms with Gasteiger partial charge in [-0.15, -0.1) is 0 Å². The van der Waals surface area contributed by atoms with Crippen LogP contribution in [-0.2, 0) is 14.3 Å². The Kier molecular flexibility index (Phi) is 8.67. The summed E-state index contributed by atoms with van der Waals surface area (Å²) >= 11 is 7.51. The number of nitrogens with zero attached hydrogens (tertiary/aromatic N) is 5. The van der Waals surface area contributed by atoms with Crippen molar-refractivity contribution in [1.82, 2.24) is 14.9 Å². The molecular formula is C24H29ClFN5O3S. The lowest BCUT2D eigenvalue weighted by molar-refractivity contribution is -0.151. The van der Waals surface area contributed by atoms with Gasteiger partial charge in [-0.1, -0.05) is 35.5 Å². The van der Waals surface area contributed by atoms with Gasteiger partial charge in [0.15, 0.2) is 5.16 Å². The van der Waals surface area contributed by atoms with E-state index in [0.29, 0.717) is 80.5 Å². The van der Waals surface area contributed by atoms with E-state index in [4.69, 9.17) is 16.3 Å². The molecule has 2 aliphatic rings. The third-order valence-corrected chi connectivity index (χ3v) is 7.28. The molecule has 0 spiro atoms. The number of thioether (sulfide) groups is 1. The molecule has 11 heteroatoms. The average molecular weight is 522 g/mol. The third kappa shape index (κ3) is 6.55. The summed E-state index contributed by atoms with van der Waals surface area (Å²) in [5.74, 6) is 0.349. The number of carbonyl (C=O) groups excluding carboxylic acids is 2. The molecule has 0 atom stereocenters. The Hall–Kier alpha value is -2.59. The topological polar surface area (TPSA) is 78.9 Å². The Morgan fingerprint density at radius 2 is 1.77 bits per heavy atom. The molecule has 8 nitrogen and oxygen atoms in total. The molecule has 0 aliphatic carbocycles. The minimum Gasteiger partial charge on any atom is -0.466 e. The van der Waals surface area contributed by atoms with Gasteiger partial charge in [0, 0.05) is 45.3 Å². The quantitative estimate of drug-likeness (QED) is 0.237. The van der Waals surface area contributed by atoms with Gasteiger partial charge in [-0.3, -0.25) is 9.59 Å². The van der Waals surface area contributed by atoms with Crippen LogP contribution < -0.4 is 9.80 Å². The van der Waals surface area contributed by atoms with E-state index >= 15 is 0 Å². The summed E-state index contributed by atoms with van der Waals surface area (Å²) in [7, 11) is 0. The number of hydrogen-bond donors (Lipinski definition) is 0. The summed E-state index contributed by atoms with van der Waals surface area (Å²) < 4.78 is 19.2. The number of hydrogen-bond acceptors (Lipinski definition) is 8. The molecule has 0 bridgehead atoms. The molecule has 2 aromatic rings. The monoisotopic (exact) mass is 521 g/mol. The maximum Gasteiger partial charge on any atom is 0.309 e. The first-order chi connectivity index (χ1) is 16.9. The molecule has 0 saturated carbocycles. The normalized spacial score (nSPS) is 16.9. The first-order valence-electron chi connectivity index (χ1n) is 11.8. The molecule has 1 amide bonds. The minimum atomic E-state index is -0.223. The number of benzene rings is 1. The van der Waals surface area contributed by atoms with Gasteiger partial charge >= 0.3 is 5.97 Å². The van der Waals surface area contributed by atoms with E-state index in [1.54, 1.807) is 30.0 Å². The second-order valence-electron chi connectivity index (χ2n) is 8.45. The van der Waals surface area contributed by atoms with Crippen molar-refractivity contribution in [3.63, 3.8) is 0 Å². The zero-order chi connectivity index (χ0) is 24.8. The number of ether oxygens (including phenoxy) is 1. The van der Waals surface area contributed by atoms with Crippen LogP contribution in [-0.4, -0.2) is 78.4 Å². The van der Waals surface area contributed by atoms with Crippen molar-refractivity contribution in [2.75, 3.05) is 61.4 Å². The number of halogens is 2. The van der Waals surface area contributed by atoms with Crippen molar-refractivity contribution in [3.8, 4) is 0 Å². The van der Waals surface area contributed by atoms with Crippen molar-refractivity contribution in [3.05, 3.63) is 41.3 Å². The number of anilines is 2. The van der Waals surface area contributed by atoms with Crippen LogP contribution >= 0.6 is 23.4 Å². The smallest absolute Gasteiger partial charge is 0.309 e. The average Bonchev–Trinajstić information content (AvgIpc) is 2.87. The molecule has 0 radical (unpaired) electrons. The van der Waals surface area contributed by atoms with E-state index < -0.39 is 0 Å². The molecule has 2 aliphatic heterocycles. The van der Waals surface area contributed by atoms with Crippen LogP contribution in [0.15, 0.2) is 35.5 Å². The van der Waals surface area contributed by atoms with Crippen LogP contribution in [0, 0.1) is 11.7 Å². The molecule has 4 rings (SSSR count). The van der Waals surface area contributed by atoms with E-state index in [0.717, 1.165) is 0 Å². The van der Waals surface area contributed by atoms with Crippen LogP contribution in [0.5, 0.6) is 0 Å². The number of piperazine rings is 1. The second-order valence-corrected chi connectivity index (χ2v) is 9.78. The molecule has 1 aromatic heterocycles. The predicted molar refractivity (Wildman–Crippen MR) is 135 cm³/mol. The SMILES string of the molecule is CCOC(=O)C1CCN(C(=O)CSc2nc(Cl)cc(N3CCN(c4ccccc4F)CC3)n2)CC1. The summed E-state index contributed by atoms with van der Waals surface area (Å²) in [5, 5.41) is 0.760. The number of para-hydroxylation sites is 1. The van der Waals surface area contributed by atoms with Gasteiger partial charge in [0.25, 0.3) is 0 Å². The van der Waals surface area contributed by atoms with Gasteiger partial charge in [-0.2, -0.15) is 0 Å². The largest absolute Gasteiger partial charge is 0.466 e. The Morgan fingerprint density at radius 3 is 2.46 bits per heavy atom. The number of carbonyl (C=O) groups is 2. The van der Waals surface area contributed by atoms with E-state index in [-0.39, 0.29) is 29.4 Å². The molecule has 0 unspecified atom stereocenters. The van der Waals surface area contributed by atoms with E-state index in [9.17, 15) is 14.0 Å². The first-order valence-corrected chi connectivity index (χ1v) is 13.2. The molecule has 1 aromatic carbocycles. The lowest BCUT2D eigenvalue weighted by atomic mass is 9.97. The summed E-state index contributed by atoms with van der Waals surface area (Å²) in [4.78, 5) is 39.4. The van der Waals surface area contributed by atoms with Crippen molar-refractivity contribution < 1.29 is 18.7 Å². The highest BCUT2D eigenvalue weighted by Crippen LogP contribution is 2.26. The van der Waals surface area contributed by atoms with Crippen molar-refractivity contribution in [2.45, 2.75) is 24.9 Å². The number of aromatic nitrogens is 2. The number of likely N-dealkylation sites (tertiary alicyclic amines) is 1. The Balaban J connectivity index is 1.29. The molecule has 188 valence electrons. The highest BCUT2D eigenvalue weighted by Gasteiger charge is 2.28. The van der Waals surface area contributed by atoms with Gasteiger partial charge in [-0.05, 0) is 31.9 Å². The van der Waals surface area contributed by atoms with Crippen LogP contribution in [0.4, 0.5) is 15.9 Å². The number of rotatable bonds is 7. The maximum absolute atomic E-state index is 14.1. The van der Waals surface area contributed by atoms with Crippen molar-refractivity contribution in [1.29, 1.82) is 0 Å². The zero-order valence-electron chi connectivity index (χ0n) is 19.7. The van der Waals surface area contributed by atoms with Gasteiger partial charge in [0.2, 0.25) is 5.91 Å². The van der Waals surface area contributed by atoms with E-state index in [1.807, 2.05) is 11.0 Å². The van der Waals surface area contributed by atoms with Crippen LogP contribution in [0.2, 0.25) is 5.15 Å². The third-order valence-electron chi connectivity index (χ3n) is 6.25. The molecule has 3 heterocycles.